The van der Waals surface area contributed by atoms with Crippen LogP contribution < -0.4 is 5.32 Å². The topological polar surface area (TPSA) is 12.0 Å². The fourth-order valence-corrected chi connectivity index (χ4v) is 4.55. The van der Waals surface area contributed by atoms with Gasteiger partial charge in [0.1, 0.15) is 4.34 Å². The van der Waals surface area contributed by atoms with Gasteiger partial charge in [0.25, 0.3) is 0 Å². The van der Waals surface area contributed by atoms with Crippen molar-refractivity contribution in [3.8, 4) is 0 Å². The third-order valence-electron chi connectivity index (χ3n) is 2.31. The van der Waals surface area contributed by atoms with E-state index >= 15 is 0 Å². The standard InChI is InChI=1S/C9H11Cl2NS2/c1-2-5-4-13-9(12-5)6-3-7(10)14-8(6)11/h3,5,9,12H,2,4H2,1H3. The van der Waals surface area contributed by atoms with Crippen molar-refractivity contribution in [1.82, 2.24) is 5.32 Å². The first-order valence-electron chi connectivity index (χ1n) is 4.53. The number of halogens is 2. The van der Waals surface area contributed by atoms with Crippen molar-refractivity contribution in [3.63, 3.8) is 0 Å². The zero-order chi connectivity index (χ0) is 10.1. The Labute approximate surface area is 102 Å². The van der Waals surface area contributed by atoms with Crippen LogP contribution in [0.3, 0.4) is 0 Å². The monoisotopic (exact) mass is 267 g/mol. The second-order valence-electron chi connectivity index (χ2n) is 3.26. The van der Waals surface area contributed by atoms with Crippen LogP contribution in [0.5, 0.6) is 0 Å². The summed E-state index contributed by atoms with van der Waals surface area (Å²) in [4.78, 5) is 0. The average Bonchev–Trinajstić information content (AvgIpc) is 2.71. The fraction of sp³-hybridized carbons (Fsp3) is 0.556. The molecule has 0 aromatic carbocycles. The first-order chi connectivity index (χ1) is 6.70. The second-order valence-corrected chi connectivity index (χ2v) is 6.69. The molecular weight excluding hydrogens is 257 g/mol. The van der Waals surface area contributed by atoms with Crippen LogP contribution in [0.1, 0.15) is 24.3 Å². The number of rotatable bonds is 2. The van der Waals surface area contributed by atoms with Gasteiger partial charge in [-0.25, -0.2) is 0 Å². The Kier molecular flexibility index (Phi) is 3.66. The third-order valence-corrected chi connectivity index (χ3v) is 5.15. The largest absolute Gasteiger partial charge is 0.298 e. The lowest BCUT2D eigenvalue weighted by molar-refractivity contribution is 0.562. The lowest BCUT2D eigenvalue weighted by atomic mass is 10.2. The van der Waals surface area contributed by atoms with E-state index in [9.17, 15) is 0 Å². The maximum Gasteiger partial charge on any atom is 0.100 e. The SMILES string of the molecule is CCC1CSC(c2cc(Cl)sc2Cl)N1. The van der Waals surface area contributed by atoms with Crippen LogP contribution in [-0.4, -0.2) is 11.8 Å². The maximum atomic E-state index is 6.10. The van der Waals surface area contributed by atoms with E-state index in [4.69, 9.17) is 23.2 Å². The van der Waals surface area contributed by atoms with Crippen LogP contribution in [0.25, 0.3) is 0 Å². The molecule has 0 spiro atoms. The predicted octanol–water partition coefficient (Wildman–Crippen LogP) is 4.17. The molecule has 1 aliphatic heterocycles. The van der Waals surface area contributed by atoms with Crippen molar-refractivity contribution in [2.75, 3.05) is 5.75 Å². The minimum absolute atomic E-state index is 0.330. The molecule has 2 heterocycles. The number of hydrogen-bond acceptors (Lipinski definition) is 3. The summed E-state index contributed by atoms with van der Waals surface area (Å²) in [6, 6.07) is 2.58. The van der Waals surface area contributed by atoms with Crippen LogP contribution in [0.15, 0.2) is 6.07 Å². The molecule has 0 radical (unpaired) electrons. The molecule has 5 heteroatoms. The Hall–Kier alpha value is 0.590. The smallest absolute Gasteiger partial charge is 0.100 e. The Bertz CT molecular complexity index is 327. The van der Waals surface area contributed by atoms with Crippen molar-refractivity contribution in [2.24, 2.45) is 0 Å². The molecule has 0 bridgehead atoms. The summed E-state index contributed by atoms with van der Waals surface area (Å²) < 4.78 is 1.59. The van der Waals surface area contributed by atoms with Gasteiger partial charge in [-0.05, 0) is 12.5 Å². The Morgan fingerprint density at radius 1 is 1.57 bits per heavy atom. The molecule has 2 unspecified atom stereocenters. The molecular formula is C9H11Cl2NS2. The number of thioether (sulfide) groups is 1. The van der Waals surface area contributed by atoms with Crippen molar-refractivity contribution < 1.29 is 0 Å². The van der Waals surface area contributed by atoms with Gasteiger partial charge in [0, 0.05) is 17.4 Å². The lowest BCUT2D eigenvalue weighted by Crippen LogP contribution is -2.24. The minimum atomic E-state index is 0.330. The van der Waals surface area contributed by atoms with Crippen molar-refractivity contribution >= 4 is 46.3 Å². The van der Waals surface area contributed by atoms with E-state index in [-0.39, 0.29) is 0 Å². The Morgan fingerprint density at radius 3 is 2.86 bits per heavy atom. The summed E-state index contributed by atoms with van der Waals surface area (Å²) in [5.74, 6) is 1.16. The van der Waals surface area contributed by atoms with E-state index in [2.05, 4.69) is 12.2 Å². The molecule has 1 saturated heterocycles. The number of nitrogens with one attached hydrogen (secondary N) is 1. The second kappa shape index (κ2) is 4.62. The number of hydrogen-bond donors (Lipinski definition) is 1. The van der Waals surface area contributed by atoms with Crippen LogP contribution >= 0.6 is 46.3 Å². The highest BCUT2D eigenvalue weighted by Gasteiger charge is 2.26. The minimum Gasteiger partial charge on any atom is -0.298 e. The summed E-state index contributed by atoms with van der Waals surface area (Å²) >= 11 is 15.4. The molecule has 1 N–H and O–H groups in total. The highest BCUT2D eigenvalue weighted by Crippen LogP contribution is 2.42. The summed E-state index contributed by atoms with van der Waals surface area (Å²) in [6.07, 6.45) is 1.17. The van der Waals surface area contributed by atoms with Crippen molar-refractivity contribution in [3.05, 3.63) is 20.3 Å². The highest BCUT2D eigenvalue weighted by atomic mass is 35.5. The molecule has 0 amide bonds. The summed E-state index contributed by atoms with van der Waals surface area (Å²) in [5, 5.41) is 3.87. The maximum absolute atomic E-state index is 6.10. The van der Waals surface area contributed by atoms with E-state index in [1.165, 1.54) is 17.8 Å². The normalized spacial score (nSPS) is 27.1. The van der Waals surface area contributed by atoms with Gasteiger partial charge >= 0.3 is 0 Å². The van der Waals surface area contributed by atoms with E-state index in [0.717, 1.165) is 20.0 Å². The molecule has 78 valence electrons. The van der Waals surface area contributed by atoms with Gasteiger partial charge in [0.15, 0.2) is 0 Å². The van der Waals surface area contributed by atoms with Gasteiger partial charge in [0.05, 0.1) is 9.71 Å². The van der Waals surface area contributed by atoms with Gasteiger partial charge in [-0.3, -0.25) is 5.32 Å². The molecule has 0 saturated carbocycles. The molecule has 1 aliphatic rings. The van der Waals surface area contributed by atoms with E-state index in [0.29, 0.717) is 11.4 Å². The predicted molar refractivity (Wildman–Crippen MR) is 66.8 cm³/mol. The molecule has 1 aromatic rings. The summed E-state index contributed by atoms with van der Waals surface area (Å²) in [5.41, 5.74) is 1.14. The van der Waals surface area contributed by atoms with Gasteiger partial charge in [-0.15, -0.1) is 23.1 Å². The van der Waals surface area contributed by atoms with Crippen LogP contribution in [0, 0.1) is 0 Å². The Balaban J connectivity index is 2.13. The van der Waals surface area contributed by atoms with Crippen molar-refractivity contribution in [2.45, 2.75) is 24.8 Å². The fourth-order valence-electron chi connectivity index (χ4n) is 1.47. The zero-order valence-electron chi connectivity index (χ0n) is 7.72. The van der Waals surface area contributed by atoms with Crippen LogP contribution in [0.2, 0.25) is 8.67 Å². The van der Waals surface area contributed by atoms with Gasteiger partial charge in [0.2, 0.25) is 0 Å². The van der Waals surface area contributed by atoms with Crippen LogP contribution in [-0.2, 0) is 0 Å². The Morgan fingerprint density at radius 2 is 2.36 bits per heavy atom. The average molecular weight is 268 g/mol. The zero-order valence-corrected chi connectivity index (χ0v) is 10.9. The lowest BCUT2D eigenvalue weighted by Gasteiger charge is -2.10. The molecule has 0 aliphatic carbocycles. The first kappa shape index (κ1) is 11.1. The van der Waals surface area contributed by atoms with Crippen LogP contribution in [0.4, 0.5) is 0 Å². The molecule has 1 aromatic heterocycles. The van der Waals surface area contributed by atoms with E-state index in [1.54, 1.807) is 0 Å². The van der Waals surface area contributed by atoms with Gasteiger partial charge in [-0.2, -0.15) is 0 Å². The molecule has 1 fully saturated rings. The molecule has 14 heavy (non-hydrogen) atoms. The summed E-state index contributed by atoms with van der Waals surface area (Å²) in [7, 11) is 0. The highest BCUT2D eigenvalue weighted by molar-refractivity contribution is 7.99. The van der Waals surface area contributed by atoms with Crippen molar-refractivity contribution in [1.29, 1.82) is 0 Å². The van der Waals surface area contributed by atoms with Gasteiger partial charge < -0.3 is 0 Å². The number of thiophene rings is 1. The quantitative estimate of drug-likeness (QED) is 0.864. The van der Waals surface area contributed by atoms with E-state index in [1.807, 2.05) is 17.8 Å². The third kappa shape index (κ3) is 2.22. The molecule has 2 rings (SSSR count). The van der Waals surface area contributed by atoms with Gasteiger partial charge in [-0.1, -0.05) is 30.1 Å². The summed E-state index contributed by atoms with van der Waals surface area (Å²) in [6.45, 7) is 2.20. The van der Waals surface area contributed by atoms with E-state index < -0.39 is 0 Å². The molecule has 2 atom stereocenters. The molecule has 1 nitrogen and oxygen atoms in total. The first-order valence-corrected chi connectivity index (χ1v) is 7.15.